The van der Waals surface area contributed by atoms with Crippen LogP contribution < -0.4 is 14.8 Å². The number of amides is 1. The summed E-state index contributed by atoms with van der Waals surface area (Å²) >= 11 is 0. The van der Waals surface area contributed by atoms with Gasteiger partial charge < -0.3 is 19.9 Å². The second kappa shape index (κ2) is 7.73. The Morgan fingerprint density at radius 2 is 1.85 bits per heavy atom. The molecule has 2 N–H and O–H groups in total. The SMILES string of the molecule is O=C(O)C[C@H](NC(=O)Cc1ccc([N+](=O)[O-])cc1)c1ccc2c(c1)OCO2. The minimum absolute atomic E-state index is 0.0291. The van der Waals surface area contributed by atoms with Gasteiger partial charge in [0, 0.05) is 12.1 Å². The number of nitrogens with one attached hydrogen (secondary N) is 1. The van der Waals surface area contributed by atoms with Crippen LogP contribution in [0.25, 0.3) is 0 Å². The van der Waals surface area contributed by atoms with Crippen LogP contribution in [0.15, 0.2) is 42.5 Å². The molecule has 9 heteroatoms. The number of carbonyl (C=O) groups is 2. The van der Waals surface area contributed by atoms with E-state index in [1.165, 1.54) is 24.3 Å². The number of hydrogen-bond acceptors (Lipinski definition) is 6. The molecule has 9 nitrogen and oxygen atoms in total. The quantitative estimate of drug-likeness (QED) is 0.563. The maximum Gasteiger partial charge on any atom is 0.305 e. The Bertz CT molecular complexity index is 880. The second-order valence-corrected chi connectivity index (χ2v) is 5.93. The van der Waals surface area contributed by atoms with Gasteiger partial charge >= 0.3 is 5.97 Å². The van der Waals surface area contributed by atoms with Crippen molar-refractivity contribution in [3.05, 3.63) is 63.7 Å². The van der Waals surface area contributed by atoms with Gasteiger partial charge in [-0.05, 0) is 23.3 Å². The maximum absolute atomic E-state index is 12.3. The molecule has 0 saturated carbocycles. The molecule has 1 atom stereocenters. The molecule has 0 fully saturated rings. The lowest BCUT2D eigenvalue weighted by atomic mass is 10.0. The van der Waals surface area contributed by atoms with Crippen LogP contribution in [0.1, 0.15) is 23.6 Å². The molecule has 0 aromatic heterocycles. The van der Waals surface area contributed by atoms with E-state index in [2.05, 4.69) is 5.32 Å². The van der Waals surface area contributed by atoms with E-state index in [0.717, 1.165) is 0 Å². The third kappa shape index (κ3) is 4.51. The van der Waals surface area contributed by atoms with Gasteiger partial charge in [0.25, 0.3) is 5.69 Å². The lowest BCUT2D eigenvalue weighted by molar-refractivity contribution is -0.384. The molecule has 2 aromatic rings. The summed E-state index contributed by atoms with van der Waals surface area (Å²) in [6.45, 7) is 0.0921. The van der Waals surface area contributed by atoms with Crippen LogP contribution in [0, 0.1) is 10.1 Å². The van der Waals surface area contributed by atoms with Crippen molar-refractivity contribution in [1.29, 1.82) is 0 Å². The lowest BCUT2D eigenvalue weighted by Gasteiger charge is -2.18. The summed E-state index contributed by atoms with van der Waals surface area (Å²) in [6.07, 6.45) is -0.329. The highest BCUT2D eigenvalue weighted by Gasteiger charge is 2.22. The minimum Gasteiger partial charge on any atom is -0.481 e. The number of carbonyl (C=O) groups excluding carboxylic acids is 1. The summed E-state index contributed by atoms with van der Waals surface area (Å²) in [5.41, 5.74) is 1.10. The average Bonchev–Trinajstić information content (AvgIpc) is 3.09. The molecule has 0 aliphatic carbocycles. The number of nitro groups is 1. The predicted octanol–water partition coefficient (Wildman–Crippen LogP) is 2.20. The Hall–Kier alpha value is -3.62. The molecular formula is C18H16N2O7. The number of non-ortho nitro benzene ring substituents is 1. The fraction of sp³-hybridized carbons (Fsp3) is 0.222. The smallest absolute Gasteiger partial charge is 0.305 e. The van der Waals surface area contributed by atoms with Gasteiger partial charge in [-0.3, -0.25) is 19.7 Å². The van der Waals surface area contributed by atoms with Crippen LogP contribution in [0.2, 0.25) is 0 Å². The number of nitro benzene ring substituents is 1. The lowest BCUT2D eigenvalue weighted by Crippen LogP contribution is -2.31. The van der Waals surface area contributed by atoms with Crippen molar-refractivity contribution in [1.82, 2.24) is 5.32 Å². The van der Waals surface area contributed by atoms with Gasteiger partial charge in [0.05, 0.1) is 23.8 Å². The van der Waals surface area contributed by atoms with Crippen molar-refractivity contribution in [3.8, 4) is 11.5 Å². The number of carboxylic acids is 1. The van der Waals surface area contributed by atoms with Gasteiger partial charge in [-0.25, -0.2) is 0 Å². The number of carboxylic acid groups (broad SMARTS) is 1. The molecule has 3 rings (SSSR count). The Labute approximate surface area is 153 Å². The first kappa shape index (κ1) is 18.2. The highest BCUT2D eigenvalue weighted by molar-refractivity contribution is 5.80. The molecule has 0 saturated heterocycles. The standard InChI is InChI=1S/C18H16N2O7/c21-17(7-11-1-4-13(5-2-11)20(24)25)19-14(9-18(22)23)12-3-6-15-16(8-12)27-10-26-15/h1-6,8,14H,7,9-10H2,(H,19,21)(H,22,23)/t14-/m0/s1. The monoisotopic (exact) mass is 372 g/mol. The Kier molecular flexibility index (Phi) is 5.20. The number of benzene rings is 2. The van der Waals surface area contributed by atoms with Crippen molar-refractivity contribution in [2.75, 3.05) is 6.79 Å². The molecular weight excluding hydrogens is 356 g/mol. The van der Waals surface area contributed by atoms with Crippen molar-refractivity contribution in [2.24, 2.45) is 0 Å². The zero-order chi connectivity index (χ0) is 19.4. The topological polar surface area (TPSA) is 128 Å². The fourth-order valence-corrected chi connectivity index (χ4v) is 2.72. The zero-order valence-electron chi connectivity index (χ0n) is 14.1. The minimum atomic E-state index is -1.06. The van der Waals surface area contributed by atoms with Crippen molar-refractivity contribution < 1.29 is 29.1 Å². The van der Waals surface area contributed by atoms with Gasteiger partial charge in [0.2, 0.25) is 12.7 Å². The Morgan fingerprint density at radius 3 is 2.52 bits per heavy atom. The number of nitrogens with zero attached hydrogens (tertiary/aromatic N) is 1. The van der Waals surface area contributed by atoms with E-state index in [-0.39, 0.29) is 25.3 Å². The molecule has 1 heterocycles. The Morgan fingerprint density at radius 1 is 1.15 bits per heavy atom. The summed E-state index contributed by atoms with van der Waals surface area (Å²) in [4.78, 5) is 33.7. The molecule has 27 heavy (non-hydrogen) atoms. The van der Waals surface area contributed by atoms with Gasteiger partial charge in [-0.15, -0.1) is 0 Å². The molecule has 1 amide bonds. The number of ether oxygens (including phenoxy) is 2. The van der Waals surface area contributed by atoms with Crippen LogP contribution >= 0.6 is 0 Å². The van der Waals surface area contributed by atoms with E-state index in [1.54, 1.807) is 18.2 Å². The molecule has 140 valence electrons. The third-order valence-corrected chi connectivity index (χ3v) is 4.02. The van der Waals surface area contributed by atoms with E-state index in [9.17, 15) is 19.7 Å². The van der Waals surface area contributed by atoms with Gasteiger partial charge in [0.1, 0.15) is 0 Å². The van der Waals surface area contributed by atoms with Crippen LogP contribution in [-0.2, 0) is 16.0 Å². The Balaban J connectivity index is 1.71. The molecule has 0 unspecified atom stereocenters. The summed E-state index contributed by atoms with van der Waals surface area (Å²) in [5.74, 6) is -0.404. The number of rotatable bonds is 7. The van der Waals surface area contributed by atoms with Crippen LogP contribution in [0.3, 0.4) is 0 Å². The van der Waals surface area contributed by atoms with E-state index in [0.29, 0.717) is 22.6 Å². The predicted molar refractivity (Wildman–Crippen MR) is 92.5 cm³/mol. The van der Waals surface area contributed by atoms with Crippen molar-refractivity contribution in [3.63, 3.8) is 0 Å². The summed E-state index contributed by atoms with van der Waals surface area (Å²) < 4.78 is 10.5. The highest BCUT2D eigenvalue weighted by atomic mass is 16.7. The zero-order valence-corrected chi connectivity index (χ0v) is 14.1. The number of hydrogen-bond donors (Lipinski definition) is 2. The van der Waals surface area contributed by atoms with E-state index in [4.69, 9.17) is 14.6 Å². The molecule has 1 aliphatic rings. The normalized spacial score (nSPS) is 13.0. The summed E-state index contributed by atoms with van der Waals surface area (Å²) in [7, 11) is 0. The summed E-state index contributed by atoms with van der Waals surface area (Å²) in [6, 6.07) is 9.84. The van der Waals surface area contributed by atoms with Gasteiger partial charge in [-0.2, -0.15) is 0 Å². The van der Waals surface area contributed by atoms with E-state index < -0.39 is 22.8 Å². The fourth-order valence-electron chi connectivity index (χ4n) is 2.72. The molecule has 2 aromatic carbocycles. The first-order valence-corrected chi connectivity index (χ1v) is 8.06. The van der Waals surface area contributed by atoms with E-state index >= 15 is 0 Å². The van der Waals surface area contributed by atoms with Crippen molar-refractivity contribution in [2.45, 2.75) is 18.9 Å². The molecule has 1 aliphatic heterocycles. The number of aliphatic carboxylic acids is 1. The molecule has 0 radical (unpaired) electrons. The number of fused-ring (bicyclic) bond motifs is 1. The first-order chi connectivity index (χ1) is 12.9. The average molecular weight is 372 g/mol. The van der Waals surface area contributed by atoms with E-state index in [1.807, 2.05) is 0 Å². The third-order valence-electron chi connectivity index (χ3n) is 4.02. The van der Waals surface area contributed by atoms with Gasteiger partial charge in [-0.1, -0.05) is 18.2 Å². The highest BCUT2D eigenvalue weighted by Crippen LogP contribution is 2.34. The first-order valence-electron chi connectivity index (χ1n) is 8.06. The largest absolute Gasteiger partial charge is 0.481 e. The van der Waals surface area contributed by atoms with Crippen LogP contribution in [0.5, 0.6) is 11.5 Å². The molecule has 0 bridgehead atoms. The van der Waals surface area contributed by atoms with Crippen LogP contribution in [-0.4, -0.2) is 28.7 Å². The van der Waals surface area contributed by atoms with Crippen LogP contribution in [0.4, 0.5) is 5.69 Å². The maximum atomic E-state index is 12.3. The summed E-state index contributed by atoms with van der Waals surface area (Å²) in [5, 5.41) is 22.5. The van der Waals surface area contributed by atoms with Gasteiger partial charge in [0.15, 0.2) is 11.5 Å². The van der Waals surface area contributed by atoms with Crippen molar-refractivity contribution >= 4 is 17.6 Å². The molecule has 0 spiro atoms. The second-order valence-electron chi connectivity index (χ2n) is 5.93.